The molecular weight excluding hydrogens is 372 g/mol. The standard InChI is InChI=1S/C18H22N2O4S2/c1-24-10-9-20(15-8-11-26(22,23)13-15)18(21)12-25-17-7-6-14-4-2-3-5-16(14)19-17/h2-7,15H,8-13H2,1H3. The number of pyridine rings is 1. The van der Waals surface area contributed by atoms with E-state index in [4.69, 9.17) is 4.74 Å². The van der Waals surface area contributed by atoms with Crippen LogP contribution in [0.5, 0.6) is 0 Å². The summed E-state index contributed by atoms with van der Waals surface area (Å²) in [5, 5.41) is 1.84. The maximum absolute atomic E-state index is 12.7. The van der Waals surface area contributed by atoms with Crippen molar-refractivity contribution in [2.45, 2.75) is 17.5 Å². The van der Waals surface area contributed by atoms with Crippen molar-refractivity contribution >= 4 is 38.4 Å². The Kier molecular flexibility index (Phi) is 6.16. The number of ether oxygens (including phenoxy) is 1. The van der Waals surface area contributed by atoms with Gasteiger partial charge in [0, 0.05) is 25.1 Å². The third-order valence-electron chi connectivity index (χ3n) is 4.42. The smallest absolute Gasteiger partial charge is 0.233 e. The van der Waals surface area contributed by atoms with Crippen LogP contribution in [0.1, 0.15) is 6.42 Å². The molecule has 1 amide bonds. The molecule has 1 saturated heterocycles. The number of amides is 1. The van der Waals surface area contributed by atoms with Crippen LogP contribution in [0, 0.1) is 0 Å². The number of para-hydroxylation sites is 1. The highest BCUT2D eigenvalue weighted by Crippen LogP contribution is 2.23. The summed E-state index contributed by atoms with van der Waals surface area (Å²) in [7, 11) is -1.47. The van der Waals surface area contributed by atoms with Crippen molar-refractivity contribution in [3.8, 4) is 0 Å². The Morgan fingerprint density at radius 3 is 2.85 bits per heavy atom. The molecule has 140 valence electrons. The minimum absolute atomic E-state index is 0.0430. The van der Waals surface area contributed by atoms with Crippen LogP contribution < -0.4 is 0 Å². The molecular formula is C18H22N2O4S2. The molecule has 1 unspecified atom stereocenters. The number of carbonyl (C=O) groups excluding carboxylic acids is 1. The van der Waals surface area contributed by atoms with E-state index in [0.29, 0.717) is 19.6 Å². The van der Waals surface area contributed by atoms with Gasteiger partial charge in [0.05, 0.1) is 34.4 Å². The Hall–Kier alpha value is -1.64. The van der Waals surface area contributed by atoms with E-state index in [1.54, 1.807) is 12.0 Å². The monoisotopic (exact) mass is 394 g/mol. The Labute approximate surface area is 157 Å². The summed E-state index contributed by atoms with van der Waals surface area (Å²) in [5.41, 5.74) is 0.892. The Morgan fingerprint density at radius 1 is 1.31 bits per heavy atom. The van der Waals surface area contributed by atoms with E-state index in [9.17, 15) is 13.2 Å². The quantitative estimate of drug-likeness (QED) is 0.669. The van der Waals surface area contributed by atoms with Gasteiger partial charge in [0.15, 0.2) is 9.84 Å². The highest BCUT2D eigenvalue weighted by molar-refractivity contribution is 7.99. The van der Waals surface area contributed by atoms with Crippen LogP contribution in [0.3, 0.4) is 0 Å². The maximum atomic E-state index is 12.7. The lowest BCUT2D eigenvalue weighted by Gasteiger charge is -2.28. The number of aromatic nitrogens is 1. The van der Waals surface area contributed by atoms with Crippen LogP contribution in [-0.4, -0.2) is 67.8 Å². The number of thioether (sulfide) groups is 1. The van der Waals surface area contributed by atoms with Crippen LogP contribution in [0.2, 0.25) is 0 Å². The molecule has 26 heavy (non-hydrogen) atoms. The van der Waals surface area contributed by atoms with E-state index >= 15 is 0 Å². The molecule has 1 aromatic heterocycles. The van der Waals surface area contributed by atoms with Gasteiger partial charge < -0.3 is 9.64 Å². The van der Waals surface area contributed by atoms with Crippen molar-refractivity contribution in [1.82, 2.24) is 9.88 Å². The molecule has 3 rings (SSSR count). The van der Waals surface area contributed by atoms with E-state index < -0.39 is 9.84 Å². The lowest BCUT2D eigenvalue weighted by molar-refractivity contribution is -0.130. The Morgan fingerprint density at radius 2 is 2.12 bits per heavy atom. The summed E-state index contributed by atoms with van der Waals surface area (Å²) in [6, 6.07) is 11.5. The van der Waals surface area contributed by atoms with Crippen molar-refractivity contribution in [2.75, 3.05) is 37.5 Å². The van der Waals surface area contributed by atoms with E-state index in [1.807, 2.05) is 36.4 Å². The summed E-state index contributed by atoms with van der Waals surface area (Å²) in [6.45, 7) is 0.794. The number of rotatable bonds is 7. The molecule has 1 fully saturated rings. The fraction of sp³-hybridized carbons (Fsp3) is 0.444. The fourth-order valence-corrected chi connectivity index (χ4v) is 5.56. The van der Waals surface area contributed by atoms with Gasteiger partial charge in [-0.3, -0.25) is 4.79 Å². The Bertz CT molecular complexity index is 886. The van der Waals surface area contributed by atoms with Gasteiger partial charge in [0.2, 0.25) is 5.91 Å². The maximum Gasteiger partial charge on any atom is 0.233 e. The summed E-state index contributed by atoms with van der Waals surface area (Å²) in [5.74, 6) is 0.338. The van der Waals surface area contributed by atoms with Gasteiger partial charge in [-0.05, 0) is 18.6 Å². The zero-order chi connectivity index (χ0) is 18.6. The number of nitrogens with zero attached hydrogens (tertiary/aromatic N) is 2. The van der Waals surface area contributed by atoms with Crippen molar-refractivity contribution in [3.05, 3.63) is 36.4 Å². The molecule has 1 aliphatic heterocycles. The average molecular weight is 395 g/mol. The molecule has 1 aromatic carbocycles. The third kappa shape index (κ3) is 4.75. The van der Waals surface area contributed by atoms with Crippen molar-refractivity contribution in [1.29, 1.82) is 0 Å². The zero-order valence-corrected chi connectivity index (χ0v) is 16.3. The van der Waals surface area contributed by atoms with Crippen LogP contribution in [0.15, 0.2) is 41.4 Å². The molecule has 0 saturated carbocycles. The normalized spacial score (nSPS) is 18.9. The Balaban J connectivity index is 1.66. The van der Waals surface area contributed by atoms with E-state index in [1.165, 1.54) is 11.8 Å². The molecule has 1 atom stereocenters. The fourth-order valence-electron chi connectivity index (χ4n) is 3.07. The van der Waals surface area contributed by atoms with E-state index in [0.717, 1.165) is 15.9 Å². The summed E-state index contributed by atoms with van der Waals surface area (Å²) in [4.78, 5) is 18.9. The number of methoxy groups -OCH3 is 1. The molecule has 2 aromatic rings. The first-order chi connectivity index (χ1) is 12.5. The van der Waals surface area contributed by atoms with Crippen LogP contribution in [-0.2, 0) is 19.4 Å². The van der Waals surface area contributed by atoms with Crippen LogP contribution >= 0.6 is 11.8 Å². The van der Waals surface area contributed by atoms with Crippen molar-refractivity contribution in [2.24, 2.45) is 0 Å². The predicted molar refractivity (Wildman–Crippen MR) is 103 cm³/mol. The van der Waals surface area contributed by atoms with Crippen molar-refractivity contribution < 1.29 is 17.9 Å². The number of carbonyl (C=O) groups is 1. The summed E-state index contributed by atoms with van der Waals surface area (Å²) < 4.78 is 28.6. The molecule has 0 radical (unpaired) electrons. The highest BCUT2D eigenvalue weighted by atomic mass is 32.2. The average Bonchev–Trinajstić information content (AvgIpc) is 2.99. The van der Waals surface area contributed by atoms with E-state index in [2.05, 4.69) is 4.98 Å². The first kappa shape index (κ1) is 19.1. The lowest BCUT2D eigenvalue weighted by Crippen LogP contribution is -2.44. The molecule has 2 heterocycles. The largest absolute Gasteiger partial charge is 0.383 e. The summed E-state index contributed by atoms with van der Waals surface area (Å²) >= 11 is 1.37. The molecule has 0 aliphatic carbocycles. The van der Waals surface area contributed by atoms with Gasteiger partial charge in [-0.15, -0.1) is 0 Å². The minimum Gasteiger partial charge on any atom is -0.383 e. The van der Waals surface area contributed by atoms with Gasteiger partial charge >= 0.3 is 0 Å². The lowest BCUT2D eigenvalue weighted by atomic mass is 10.2. The molecule has 1 aliphatic rings. The molecule has 8 heteroatoms. The topological polar surface area (TPSA) is 76.6 Å². The second-order valence-electron chi connectivity index (χ2n) is 6.27. The number of fused-ring (bicyclic) bond motifs is 1. The molecule has 6 nitrogen and oxygen atoms in total. The van der Waals surface area contributed by atoms with Gasteiger partial charge in [-0.2, -0.15) is 0 Å². The van der Waals surface area contributed by atoms with Gasteiger partial charge in [-0.25, -0.2) is 13.4 Å². The number of benzene rings is 1. The second kappa shape index (κ2) is 8.37. The van der Waals surface area contributed by atoms with Crippen LogP contribution in [0.4, 0.5) is 0 Å². The number of hydrogen-bond donors (Lipinski definition) is 0. The van der Waals surface area contributed by atoms with Crippen LogP contribution in [0.25, 0.3) is 10.9 Å². The van der Waals surface area contributed by atoms with Crippen molar-refractivity contribution in [3.63, 3.8) is 0 Å². The first-order valence-electron chi connectivity index (χ1n) is 8.46. The zero-order valence-electron chi connectivity index (χ0n) is 14.6. The minimum atomic E-state index is -3.04. The summed E-state index contributed by atoms with van der Waals surface area (Å²) in [6.07, 6.45) is 0.497. The highest BCUT2D eigenvalue weighted by Gasteiger charge is 2.34. The SMILES string of the molecule is COCCN(C(=O)CSc1ccc2ccccc2n1)C1CCS(=O)(=O)C1. The number of sulfone groups is 1. The predicted octanol–water partition coefficient (Wildman–Crippen LogP) is 1.99. The van der Waals surface area contributed by atoms with Gasteiger partial charge in [-0.1, -0.05) is 36.0 Å². The van der Waals surface area contributed by atoms with Gasteiger partial charge in [0.1, 0.15) is 0 Å². The second-order valence-corrected chi connectivity index (χ2v) is 9.49. The molecule has 0 spiro atoms. The molecule has 0 bridgehead atoms. The third-order valence-corrected chi connectivity index (χ3v) is 7.09. The van der Waals surface area contributed by atoms with E-state index in [-0.39, 0.29) is 29.2 Å². The first-order valence-corrected chi connectivity index (χ1v) is 11.3. The number of hydrogen-bond acceptors (Lipinski definition) is 6. The van der Waals surface area contributed by atoms with Gasteiger partial charge in [0.25, 0.3) is 0 Å². The molecule has 0 N–H and O–H groups in total.